The molecule has 3 N–H and O–H groups in total. The first kappa shape index (κ1) is 13.2. The van der Waals surface area contributed by atoms with Crippen LogP contribution in [0.4, 0.5) is 5.69 Å². The monoisotopic (exact) mass is 266 g/mol. The molecule has 1 aliphatic carbocycles. The van der Waals surface area contributed by atoms with Crippen LogP contribution in [0.2, 0.25) is 5.02 Å². The molecule has 1 aromatic carbocycles. The number of hydrogen-bond acceptors (Lipinski definition) is 2. The maximum atomic E-state index is 12.2. The number of rotatable bonds is 2. The Morgan fingerprint density at radius 2 is 1.83 bits per heavy atom. The molecule has 0 unspecified atom stereocenters. The maximum absolute atomic E-state index is 12.2. The summed E-state index contributed by atoms with van der Waals surface area (Å²) in [5.74, 6) is -0.154. The minimum Gasteiger partial charge on any atom is -0.398 e. The second-order valence-electron chi connectivity index (χ2n) is 6.08. The van der Waals surface area contributed by atoms with Crippen molar-refractivity contribution >= 4 is 23.2 Å². The molecule has 1 fully saturated rings. The van der Waals surface area contributed by atoms with Crippen molar-refractivity contribution in [3.8, 4) is 0 Å². The molecular formula is C14H19ClN2O. The number of hydrogen-bond donors (Lipinski definition) is 2. The minimum atomic E-state index is -0.154. The quantitative estimate of drug-likeness (QED) is 0.809. The lowest BCUT2D eigenvalue weighted by Crippen LogP contribution is -2.30. The van der Waals surface area contributed by atoms with E-state index < -0.39 is 0 Å². The molecule has 1 saturated carbocycles. The Morgan fingerprint density at radius 1 is 1.28 bits per heavy atom. The fourth-order valence-electron chi connectivity index (χ4n) is 2.49. The molecule has 1 amide bonds. The van der Waals surface area contributed by atoms with Gasteiger partial charge >= 0.3 is 0 Å². The van der Waals surface area contributed by atoms with Crippen LogP contribution in [0.3, 0.4) is 0 Å². The van der Waals surface area contributed by atoms with Crippen LogP contribution < -0.4 is 11.1 Å². The van der Waals surface area contributed by atoms with E-state index in [-0.39, 0.29) is 22.8 Å². The van der Waals surface area contributed by atoms with Crippen molar-refractivity contribution in [2.45, 2.75) is 33.7 Å². The number of halogens is 1. The fourth-order valence-corrected chi connectivity index (χ4v) is 2.66. The first-order chi connectivity index (χ1) is 8.18. The SMILES string of the molecule is CC1(C)C(NC(=O)c2cc(Cl)ccc2N)C1(C)C. The minimum absolute atomic E-state index is 0.107. The van der Waals surface area contributed by atoms with Crippen LogP contribution in [-0.2, 0) is 0 Å². The Labute approximate surface area is 113 Å². The van der Waals surface area contributed by atoms with E-state index in [1.54, 1.807) is 18.2 Å². The van der Waals surface area contributed by atoms with Crippen LogP contribution in [0, 0.1) is 10.8 Å². The van der Waals surface area contributed by atoms with E-state index in [0.717, 1.165) is 0 Å². The van der Waals surface area contributed by atoms with Crippen molar-refractivity contribution in [1.29, 1.82) is 0 Å². The summed E-state index contributed by atoms with van der Waals surface area (Å²) in [6.07, 6.45) is 0. The molecule has 18 heavy (non-hydrogen) atoms. The van der Waals surface area contributed by atoms with Gasteiger partial charge in [0.05, 0.1) is 5.56 Å². The summed E-state index contributed by atoms with van der Waals surface area (Å²) < 4.78 is 0. The first-order valence-electron chi connectivity index (χ1n) is 6.04. The molecule has 0 radical (unpaired) electrons. The molecule has 0 heterocycles. The zero-order valence-electron chi connectivity index (χ0n) is 11.2. The van der Waals surface area contributed by atoms with E-state index >= 15 is 0 Å². The van der Waals surface area contributed by atoms with Crippen LogP contribution in [0.1, 0.15) is 38.1 Å². The fraction of sp³-hybridized carbons (Fsp3) is 0.500. The number of carbonyl (C=O) groups is 1. The smallest absolute Gasteiger partial charge is 0.253 e. The number of carbonyl (C=O) groups excluding carboxylic acids is 1. The van der Waals surface area contributed by atoms with Crippen molar-refractivity contribution in [2.75, 3.05) is 5.73 Å². The average molecular weight is 267 g/mol. The normalized spacial score (nSPS) is 20.5. The topological polar surface area (TPSA) is 55.1 Å². The van der Waals surface area contributed by atoms with E-state index in [0.29, 0.717) is 16.3 Å². The number of benzene rings is 1. The average Bonchev–Trinajstić information content (AvgIpc) is 2.64. The number of amides is 1. The van der Waals surface area contributed by atoms with Crippen LogP contribution in [0.5, 0.6) is 0 Å². The van der Waals surface area contributed by atoms with Gasteiger partial charge < -0.3 is 11.1 Å². The van der Waals surface area contributed by atoms with Crippen LogP contribution in [0.15, 0.2) is 18.2 Å². The highest BCUT2D eigenvalue weighted by atomic mass is 35.5. The number of nitrogen functional groups attached to an aromatic ring is 1. The summed E-state index contributed by atoms with van der Waals surface area (Å²) in [5.41, 5.74) is 6.91. The lowest BCUT2D eigenvalue weighted by atomic mass is 10.0. The predicted molar refractivity (Wildman–Crippen MR) is 74.7 cm³/mol. The van der Waals surface area contributed by atoms with Gasteiger partial charge in [0.15, 0.2) is 0 Å². The summed E-state index contributed by atoms with van der Waals surface area (Å²) in [4.78, 5) is 12.2. The molecular weight excluding hydrogens is 248 g/mol. The lowest BCUT2D eigenvalue weighted by molar-refractivity contribution is 0.0944. The summed E-state index contributed by atoms with van der Waals surface area (Å²) >= 11 is 5.89. The lowest BCUT2D eigenvalue weighted by Gasteiger charge is -2.09. The van der Waals surface area contributed by atoms with Crippen molar-refractivity contribution in [1.82, 2.24) is 5.32 Å². The second kappa shape index (κ2) is 3.89. The van der Waals surface area contributed by atoms with E-state index in [4.69, 9.17) is 17.3 Å². The van der Waals surface area contributed by atoms with Gasteiger partial charge in [-0.25, -0.2) is 0 Å². The van der Waals surface area contributed by atoms with Gasteiger partial charge in [0.25, 0.3) is 5.91 Å². The van der Waals surface area contributed by atoms with Crippen molar-refractivity contribution < 1.29 is 4.79 Å². The number of anilines is 1. The van der Waals surface area contributed by atoms with E-state index in [1.807, 2.05) is 0 Å². The Hall–Kier alpha value is -1.22. The highest BCUT2D eigenvalue weighted by Gasteiger charge is 2.65. The third kappa shape index (κ3) is 1.87. The first-order valence-corrected chi connectivity index (χ1v) is 6.41. The standard InChI is InChI=1S/C14H19ClN2O/c1-13(2)12(14(13,3)4)17-11(18)9-7-8(15)5-6-10(9)16/h5-7,12H,16H2,1-4H3,(H,17,18). The molecule has 0 spiro atoms. The molecule has 0 aromatic heterocycles. The number of nitrogens with two attached hydrogens (primary N) is 1. The highest BCUT2D eigenvalue weighted by Crippen LogP contribution is 2.62. The molecule has 0 aliphatic heterocycles. The van der Waals surface area contributed by atoms with Gasteiger partial charge in [0.1, 0.15) is 0 Å². The zero-order chi connectivity index (χ0) is 13.7. The van der Waals surface area contributed by atoms with Gasteiger partial charge in [-0.2, -0.15) is 0 Å². The second-order valence-corrected chi connectivity index (χ2v) is 6.52. The Kier molecular flexibility index (Phi) is 2.85. The van der Waals surface area contributed by atoms with Crippen molar-refractivity contribution in [2.24, 2.45) is 10.8 Å². The van der Waals surface area contributed by atoms with Crippen LogP contribution in [-0.4, -0.2) is 11.9 Å². The van der Waals surface area contributed by atoms with Gasteiger partial charge in [-0.05, 0) is 29.0 Å². The highest BCUT2D eigenvalue weighted by molar-refractivity contribution is 6.31. The van der Waals surface area contributed by atoms with Gasteiger partial charge in [-0.3, -0.25) is 4.79 Å². The molecule has 1 aromatic rings. The summed E-state index contributed by atoms with van der Waals surface area (Å²) in [7, 11) is 0. The van der Waals surface area contributed by atoms with Crippen molar-refractivity contribution in [3.05, 3.63) is 28.8 Å². The third-order valence-electron chi connectivity index (χ3n) is 4.56. The van der Waals surface area contributed by atoms with E-state index in [9.17, 15) is 4.79 Å². The molecule has 3 nitrogen and oxygen atoms in total. The van der Waals surface area contributed by atoms with E-state index in [1.165, 1.54) is 0 Å². The van der Waals surface area contributed by atoms with Crippen LogP contribution in [0.25, 0.3) is 0 Å². The predicted octanol–water partition coefficient (Wildman–Crippen LogP) is 3.09. The van der Waals surface area contributed by atoms with Gasteiger partial charge in [0.2, 0.25) is 0 Å². The largest absolute Gasteiger partial charge is 0.398 e. The zero-order valence-corrected chi connectivity index (χ0v) is 11.9. The molecule has 1 aliphatic rings. The summed E-state index contributed by atoms with van der Waals surface area (Å²) in [6, 6.07) is 5.10. The third-order valence-corrected chi connectivity index (χ3v) is 4.79. The Morgan fingerprint density at radius 3 is 2.33 bits per heavy atom. The molecule has 0 saturated heterocycles. The molecule has 0 atom stereocenters. The molecule has 2 rings (SSSR count). The molecule has 4 heteroatoms. The Balaban J connectivity index is 2.17. The number of nitrogens with one attached hydrogen (secondary N) is 1. The summed E-state index contributed by atoms with van der Waals surface area (Å²) in [6.45, 7) is 8.61. The van der Waals surface area contributed by atoms with Crippen molar-refractivity contribution in [3.63, 3.8) is 0 Å². The van der Waals surface area contributed by atoms with Crippen LogP contribution >= 0.6 is 11.6 Å². The van der Waals surface area contributed by atoms with E-state index in [2.05, 4.69) is 33.0 Å². The maximum Gasteiger partial charge on any atom is 0.253 e. The summed E-state index contributed by atoms with van der Waals surface area (Å²) in [5, 5.41) is 3.56. The Bertz CT molecular complexity index is 495. The molecule has 0 bridgehead atoms. The van der Waals surface area contributed by atoms with Gasteiger partial charge in [-0.15, -0.1) is 0 Å². The molecule has 98 valence electrons. The van der Waals surface area contributed by atoms with Gasteiger partial charge in [0, 0.05) is 16.8 Å². The van der Waals surface area contributed by atoms with Gasteiger partial charge in [-0.1, -0.05) is 39.3 Å².